The Balaban J connectivity index is 1.81. The van der Waals surface area contributed by atoms with E-state index >= 15 is 0 Å². The van der Waals surface area contributed by atoms with Crippen molar-refractivity contribution in [3.05, 3.63) is 30.5 Å². The van der Waals surface area contributed by atoms with E-state index in [4.69, 9.17) is 5.73 Å². The number of nitrogen functional groups attached to an aromatic ring is 1. The molecule has 2 heterocycles. The minimum atomic E-state index is 0.732. The van der Waals surface area contributed by atoms with Gasteiger partial charge in [0.15, 0.2) is 0 Å². The first kappa shape index (κ1) is 12.0. The number of aromatic nitrogens is 1. The second kappa shape index (κ2) is 4.65. The lowest BCUT2D eigenvalue weighted by Gasteiger charge is -2.33. The molecule has 20 heavy (non-hydrogen) atoms. The fourth-order valence-corrected chi connectivity index (χ4v) is 4.13. The summed E-state index contributed by atoms with van der Waals surface area (Å²) < 4.78 is 0. The fourth-order valence-electron chi connectivity index (χ4n) is 4.13. The maximum absolute atomic E-state index is 6.07. The average Bonchev–Trinajstić information content (AvgIpc) is 2.92. The number of nitrogens with two attached hydrogens (primary N) is 1. The van der Waals surface area contributed by atoms with Gasteiger partial charge in [-0.1, -0.05) is 12.8 Å². The molecule has 0 bridgehead atoms. The van der Waals surface area contributed by atoms with Gasteiger partial charge in [-0.05, 0) is 49.4 Å². The van der Waals surface area contributed by atoms with E-state index in [9.17, 15) is 0 Å². The number of hydrogen-bond acceptors (Lipinski definition) is 3. The van der Waals surface area contributed by atoms with Crippen LogP contribution in [0.25, 0.3) is 10.9 Å². The van der Waals surface area contributed by atoms with Crippen LogP contribution in [0.1, 0.15) is 32.1 Å². The van der Waals surface area contributed by atoms with E-state index in [2.05, 4.69) is 22.0 Å². The van der Waals surface area contributed by atoms with Crippen LogP contribution in [-0.4, -0.2) is 17.6 Å². The quantitative estimate of drug-likeness (QED) is 0.803. The monoisotopic (exact) mass is 267 g/mol. The number of pyridine rings is 1. The van der Waals surface area contributed by atoms with Crippen LogP contribution in [0.15, 0.2) is 30.5 Å². The molecule has 2 aliphatic rings. The standard InChI is InChI=1S/C17H21N3/c18-14-7-8-16(13-5-3-10-19-17(13)14)20-11-9-12-4-1-2-6-15(12)20/h3,5,7-8,10,12,15H,1-2,4,6,9,11,18H2. The number of benzene rings is 1. The van der Waals surface area contributed by atoms with Crippen LogP contribution in [0.3, 0.4) is 0 Å². The van der Waals surface area contributed by atoms with Crippen molar-refractivity contribution >= 4 is 22.3 Å². The Morgan fingerprint density at radius 2 is 2.00 bits per heavy atom. The van der Waals surface area contributed by atoms with Crippen LogP contribution in [0.5, 0.6) is 0 Å². The SMILES string of the molecule is Nc1ccc(N2CCC3CCCCC32)c2cccnc12. The van der Waals surface area contributed by atoms with E-state index in [1.165, 1.54) is 49.7 Å². The van der Waals surface area contributed by atoms with Crippen molar-refractivity contribution in [3.63, 3.8) is 0 Å². The molecule has 1 saturated carbocycles. The highest BCUT2D eigenvalue weighted by molar-refractivity contribution is 5.98. The first-order chi connectivity index (χ1) is 9.84. The second-order valence-electron chi connectivity index (χ2n) is 6.17. The van der Waals surface area contributed by atoms with Crippen molar-refractivity contribution in [2.24, 2.45) is 5.92 Å². The van der Waals surface area contributed by atoms with E-state index in [0.717, 1.165) is 23.2 Å². The van der Waals surface area contributed by atoms with Crippen LogP contribution < -0.4 is 10.6 Å². The zero-order chi connectivity index (χ0) is 13.5. The molecular formula is C17H21N3. The van der Waals surface area contributed by atoms with Gasteiger partial charge in [-0.3, -0.25) is 4.98 Å². The minimum absolute atomic E-state index is 0.732. The highest BCUT2D eigenvalue weighted by Gasteiger charge is 2.36. The van der Waals surface area contributed by atoms with Crippen LogP contribution in [0, 0.1) is 5.92 Å². The molecule has 104 valence electrons. The molecule has 1 saturated heterocycles. The molecule has 4 rings (SSSR count). The van der Waals surface area contributed by atoms with Gasteiger partial charge in [0.1, 0.15) is 0 Å². The van der Waals surface area contributed by atoms with Gasteiger partial charge in [-0.15, -0.1) is 0 Å². The first-order valence-corrected chi connectivity index (χ1v) is 7.74. The molecule has 0 spiro atoms. The number of rotatable bonds is 1. The van der Waals surface area contributed by atoms with E-state index in [-0.39, 0.29) is 0 Å². The maximum Gasteiger partial charge on any atom is 0.0951 e. The van der Waals surface area contributed by atoms with Gasteiger partial charge in [-0.25, -0.2) is 0 Å². The third-order valence-electron chi connectivity index (χ3n) is 5.10. The molecular weight excluding hydrogens is 246 g/mol. The van der Waals surface area contributed by atoms with E-state index in [1.54, 1.807) is 0 Å². The molecule has 2 aromatic rings. The summed E-state index contributed by atoms with van der Waals surface area (Å²) in [7, 11) is 0. The van der Waals surface area contributed by atoms with Gasteiger partial charge < -0.3 is 10.6 Å². The summed E-state index contributed by atoms with van der Waals surface area (Å²) in [6.07, 6.45) is 8.72. The number of nitrogens with zero attached hydrogens (tertiary/aromatic N) is 2. The van der Waals surface area contributed by atoms with E-state index in [0.29, 0.717) is 0 Å². The first-order valence-electron chi connectivity index (χ1n) is 7.74. The summed E-state index contributed by atoms with van der Waals surface area (Å²) in [5.74, 6) is 0.896. The molecule has 0 radical (unpaired) electrons. The predicted octanol–water partition coefficient (Wildman–Crippen LogP) is 3.59. The Labute approximate surface area is 119 Å². The summed E-state index contributed by atoms with van der Waals surface area (Å²) in [4.78, 5) is 7.08. The lowest BCUT2D eigenvalue weighted by Crippen LogP contribution is -2.34. The Bertz CT molecular complexity index is 637. The topological polar surface area (TPSA) is 42.1 Å². The summed E-state index contributed by atoms with van der Waals surface area (Å²) in [6.45, 7) is 1.18. The van der Waals surface area contributed by atoms with Crippen molar-refractivity contribution in [2.75, 3.05) is 17.2 Å². The van der Waals surface area contributed by atoms with Crippen LogP contribution >= 0.6 is 0 Å². The average molecular weight is 267 g/mol. The lowest BCUT2D eigenvalue weighted by molar-refractivity contribution is 0.342. The molecule has 2 N–H and O–H groups in total. The third-order valence-corrected chi connectivity index (χ3v) is 5.10. The van der Waals surface area contributed by atoms with Crippen molar-refractivity contribution in [3.8, 4) is 0 Å². The summed E-state index contributed by atoms with van der Waals surface area (Å²) in [5, 5.41) is 1.21. The van der Waals surface area contributed by atoms with Gasteiger partial charge in [0.05, 0.1) is 11.2 Å². The maximum atomic E-state index is 6.07. The molecule has 3 heteroatoms. The Morgan fingerprint density at radius 1 is 1.10 bits per heavy atom. The molecule has 1 aromatic heterocycles. The predicted molar refractivity (Wildman–Crippen MR) is 83.9 cm³/mol. The normalized spacial score (nSPS) is 25.9. The summed E-state index contributed by atoms with van der Waals surface area (Å²) >= 11 is 0. The van der Waals surface area contributed by atoms with Crippen molar-refractivity contribution < 1.29 is 0 Å². The molecule has 2 unspecified atom stereocenters. The smallest absolute Gasteiger partial charge is 0.0951 e. The van der Waals surface area contributed by atoms with Gasteiger partial charge in [0, 0.05) is 29.9 Å². The fraction of sp³-hybridized carbons (Fsp3) is 0.471. The van der Waals surface area contributed by atoms with Crippen LogP contribution in [-0.2, 0) is 0 Å². The molecule has 1 aromatic carbocycles. The minimum Gasteiger partial charge on any atom is -0.397 e. The van der Waals surface area contributed by atoms with Gasteiger partial charge in [-0.2, -0.15) is 0 Å². The highest BCUT2D eigenvalue weighted by Crippen LogP contribution is 2.41. The van der Waals surface area contributed by atoms with Crippen LogP contribution in [0.2, 0.25) is 0 Å². The molecule has 2 fully saturated rings. The second-order valence-corrected chi connectivity index (χ2v) is 6.17. The zero-order valence-corrected chi connectivity index (χ0v) is 11.8. The highest BCUT2D eigenvalue weighted by atomic mass is 15.2. The van der Waals surface area contributed by atoms with E-state index < -0.39 is 0 Å². The number of anilines is 2. The molecule has 0 amide bonds. The molecule has 1 aliphatic heterocycles. The zero-order valence-electron chi connectivity index (χ0n) is 11.8. The van der Waals surface area contributed by atoms with E-state index in [1.807, 2.05) is 18.3 Å². The van der Waals surface area contributed by atoms with Gasteiger partial charge in [0.25, 0.3) is 0 Å². The largest absolute Gasteiger partial charge is 0.397 e. The molecule has 2 atom stereocenters. The Kier molecular flexibility index (Phi) is 2.79. The van der Waals surface area contributed by atoms with Gasteiger partial charge >= 0.3 is 0 Å². The lowest BCUT2D eigenvalue weighted by atomic mass is 9.85. The van der Waals surface area contributed by atoms with Crippen LogP contribution in [0.4, 0.5) is 11.4 Å². The summed E-state index contributed by atoms with van der Waals surface area (Å²) in [5.41, 5.74) is 9.13. The number of fused-ring (bicyclic) bond motifs is 2. The third kappa shape index (κ3) is 1.76. The Hall–Kier alpha value is -1.77. The number of hydrogen-bond donors (Lipinski definition) is 1. The summed E-state index contributed by atoms with van der Waals surface area (Å²) in [6, 6.07) is 9.11. The van der Waals surface area contributed by atoms with Crippen molar-refractivity contribution in [1.29, 1.82) is 0 Å². The molecule has 1 aliphatic carbocycles. The van der Waals surface area contributed by atoms with Crippen molar-refractivity contribution in [1.82, 2.24) is 4.98 Å². The molecule has 3 nitrogen and oxygen atoms in total. The Morgan fingerprint density at radius 3 is 2.95 bits per heavy atom. The van der Waals surface area contributed by atoms with Crippen molar-refractivity contribution in [2.45, 2.75) is 38.1 Å². The van der Waals surface area contributed by atoms with Gasteiger partial charge in [0.2, 0.25) is 0 Å².